The van der Waals surface area contributed by atoms with E-state index in [1.165, 1.54) is 18.3 Å². The minimum absolute atomic E-state index is 0.0748. The summed E-state index contributed by atoms with van der Waals surface area (Å²) < 4.78 is 38.7. The van der Waals surface area contributed by atoms with Crippen molar-refractivity contribution in [3.05, 3.63) is 89.6 Å². The molecule has 1 aliphatic rings. The number of aliphatic hydroxyl groups is 1. The number of benzene rings is 2. The second-order valence-corrected chi connectivity index (χ2v) is 8.51. The number of hydrogen-bond acceptors (Lipinski definition) is 5. The van der Waals surface area contributed by atoms with E-state index >= 15 is 0 Å². The topological polar surface area (TPSA) is 68.7 Å². The number of nitrogens with zero attached hydrogens (tertiary/aromatic N) is 3. The predicted octanol–water partition coefficient (Wildman–Crippen LogP) is 4.60. The van der Waals surface area contributed by atoms with E-state index in [9.17, 15) is 23.1 Å². The van der Waals surface area contributed by atoms with Crippen LogP contribution in [0.2, 0.25) is 0 Å². The SMILES string of the molecule is O=C(Nc1ccc(N2CCCN(CC(O)c3ccccc3)CC2)nc1)c1cccc(C(F)(F)F)c1. The lowest BCUT2D eigenvalue weighted by Gasteiger charge is -2.24. The normalized spacial score (nSPS) is 15.9. The van der Waals surface area contributed by atoms with Crippen LogP contribution in [0.5, 0.6) is 0 Å². The van der Waals surface area contributed by atoms with Crippen molar-refractivity contribution < 1.29 is 23.1 Å². The molecule has 9 heteroatoms. The highest BCUT2D eigenvalue weighted by Gasteiger charge is 2.31. The molecule has 35 heavy (non-hydrogen) atoms. The average Bonchev–Trinajstić information content (AvgIpc) is 3.10. The largest absolute Gasteiger partial charge is 0.416 e. The minimum Gasteiger partial charge on any atom is -0.387 e. The van der Waals surface area contributed by atoms with Gasteiger partial charge in [0.2, 0.25) is 0 Å². The molecule has 1 unspecified atom stereocenters. The molecule has 1 aliphatic heterocycles. The Balaban J connectivity index is 1.33. The van der Waals surface area contributed by atoms with Gasteiger partial charge in [0.25, 0.3) is 5.91 Å². The maximum absolute atomic E-state index is 12.9. The summed E-state index contributed by atoms with van der Waals surface area (Å²) in [6.07, 6.45) is -2.64. The zero-order chi connectivity index (χ0) is 24.8. The highest BCUT2D eigenvalue weighted by molar-refractivity contribution is 6.04. The first kappa shape index (κ1) is 24.7. The third-order valence-electron chi connectivity index (χ3n) is 5.99. The van der Waals surface area contributed by atoms with E-state index in [1.54, 1.807) is 12.1 Å². The first-order valence-corrected chi connectivity index (χ1v) is 11.4. The number of hydrogen-bond donors (Lipinski definition) is 2. The smallest absolute Gasteiger partial charge is 0.387 e. The molecule has 0 radical (unpaired) electrons. The fourth-order valence-corrected chi connectivity index (χ4v) is 4.09. The van der Waals surface area contributed by atoms with Crippen molar-refractivity contribution in [3.8, 4) is 0 Å². The Morgan fingerprint density at radius 3 is 2.51 bits per heavy atom. The van der Waals surface area contributed by atoms with Gasteiger partial charge in [-0.2, -0.15) is 13.2 Å². The zero-order valence-corrected chi connectivity index (χ0v) is 19.1. The highest BCUT2D eigenvalue weighted by atomic mass is 19.4. The van der Waals surface area contributed by atoms with Crippen LogP contribution in [0.1, 0.15) is 34.0 Å². The third-order valence-corrected chi connectivity index (χ3v) is 5.99. The molecule has 184 valence electrons. The molecular weight excluding hydrogens is 457 g/mol. The number of anilines is 2. The molecule has 6 nitrogen and oxygen atoms in total. The number of aliphatic hydroxyl groups excluding tert-OH is 1. The standard InChI is InChI=1S/C26H27F3N4O2/c27-26(28,29)21-9-4-8-20(16-21)25(35)31-22-10-11-24(30-17-22)33-13-5-12-32(14-15-33)18-23(34)19-6-2-1-3-7-19/h1-4,6-11,16-17,23,34H,5,12-15,18H2,(H,31,35). The van der Waals surface area contributed by atoms with Gasteiger partial charge in [-0.3, -0.25) is 9.69 Å². The van der Waals surface area contributed by atoms with Crippen LogP contribution >= 0.6 is 0 Å². The van der Waals surface area contributed by atoms with Crippen molar-refractivity contribution in [2.45, 2.75) is 18.7 Å². The molecule has 1 saturated heterocycles. The summed E-state index contributed by atoms with van der Waals surface area (Å²) in [5, 5.41) is 13.1. The molecule has 1 fully saturated rings. The summed E-state index contributed by atoms with van der Waals surface area (Å²) in [7, 11) is 0. The van der Waals surface area contributed by atoms with Gasteiger partial charge in [-0.1, -0.05) is 36.4 Å². The molecule has 1 atom stereocenters. The van der Waals surface area contributed by atoms with Crippen LogP contribution in [0.3, 0.4) is 0 Å². The Bertz CT molecular complexity index is 1120. The summed E-state index contributed by atoms with van der Waals surface area (Å²) in [4.78, 5) is 21.2. The van der Waals surface area contributed by atoms with E-state index in [-0.39, 0.29) is 5.56 Å². The number of pyridine rings is 1. The number of nitrogens with one attached hydrogen (secondary N) is 1. The summed E-state index contributed by atoms with van der Waals surface area (Å²) in [6.45, 7) is 3.75. The van der Waals surface area contributed by atoms with Crippen molar-refractivity contribution in [2.75, 3.05) is 42.9 Å². The van der Waals surface area contributed by atoms with Crippen molar-refractivity contribution in [1.29, 1.82) is 0 Å². The predicted molar refractivity (Wildman–Crippen MR) is 128 cm³/mol. The molecular formula is C26H27F3N4O2. The van der Waals surface area contributed by atoms with Gasteiger partial charge in [-0.15, -0.1) is 0 Å². The van der Waals surface area contributed by atoms with Crippen LogP contribution in [-0.2, 0) is 6.18 Å². The van der Waals surface area contributed by atoms with Crippen molar-refractivity contribution >= 4 is 17.4 Å². The van der Waals surface area contributed by atoms with Crippen LogP contribution < -0.4 is 10.2 Å². The van der Waals surface area contributed by atoms with Crippen LogP contribution in [0, 0.1) is 0 Å². The maximum atomic E-state index is 12.9. The van der Waals surface area contributed by atoms with Gasteiger partial charge in [0.1, 0.15) is 5.82 Å². The molecule has 0 spiro atoms. The second-order valence-electron chi connectivity index (χ2n) is 8.51. The van der Waals surface area contributed by atoms with Gasteiger partial charge in [0.15, 0.2) is 0 Å². The Kier molecular flexibility index (Phi) is 7.67. The molecule has 0 aliphatic carbocycles. The molecule has 2 heterocycles. The maximum Gasteiger partial charge on any atom is 0.416 e. The molecule has 0 bridgehead atoms. The fraction of sp³-hybridized carbons (Fsp3) is 0.308. The van der Waals surface area contributed by atoms with Gasteiger partial charge < -0.3 is 15.3 Å². The van der Waals surface area contributed by atoms with E-state index in [2.05, 4.69) is 20.1 Å². The van der Waals surface area contributed by atoms with E-state index in [0.717, 1.165) is 56.1 Å². The lowest BCUT2D eigenvalue weighted by molar-refractivity contribution is -0.137. The van der Waals surface area contributed by atoms with Gasteiger partial charge in [-0.25, -0.2) is 4.98 Å². The summed E-state index contributed by atoms with van der Waals surface area (Å²) in [5.41, 5.74) is 0.357. The summed E-state index contributed by atoms with van der Waals surface area (Å²) in [5.74, 6) is 0.126. The Morgan fingerprint density at radius 2 is 1.80 bits per heavy atom. The van der Waals surface area contributed by atoms with Gasteiger partial charge in [-0.05, 0) is 42.3 Å². The van der Waals surface area contributed by atoms with Gasteiger partial charge in [0.05, 0.1) is 23.6 Å². The third kappa shape index (κ3) is 6.58. The van der Waals surface area contributed by atoms with Crippen molar-refractivity contribution in [1.82, 2.24) is 9.88 Å². The fourth-order valence-electron chi connectivity index (χ4n) is 4.09. The number of amides is 1. The molecule has 4 rings (SSSR count). The molecule has 2 aromatic carbocycles. The quantitative estimate of drug-likeness (QED) is 0.535. The molecule has 3 aromatic rings. The number of carbonyl (C=O) groups excluding carboxylic acids is 1. The van der Waals surface area contributed by atoms with Gasteiger partial charge in [0, 0.05) is 38.3 Å². The van der Waals surface area contributed by atoms with Crippen molar-refractivity contribution in [2.24, 2.45) is 0 Å². The van der Waals surface area contributed by atoms with E-state index in [0.29, 0.717) is 12.2 Å². The monoisotopic (exact) mass is 484 g/mol. The van der Waals surface area contributed by atoms with Crippen molar-refractivity contribution in [3.63, 3.8) is 0 Å². The number of carbonyl (C=O) groups is 1. The Morgan fingerprint density at radius 1 is 1.00 bits per heavy atom. The summed E-state index contributed by atoms with van der Waals surface area (Å²) in [6, 6.07) is 17.4. The van der Waals surface area contributed by atoms with E-state index < -0.39 is 23.8 Å². The highest BCUT2D eigenvalue weighted by Crippen LogP contribution is 2.29. The van der Waals surface area contributed by atoms with Gasteiger partial charge >= 0.3 is 6.18 Å². The molecule has 1 aromatic heterocycles. The Hall–Kier alpha value is -3.43. The number of aromatic nitrogens is 1. The second kappa shape index (κ2) is 10.9. The van der Waals surface area contributed by atoms with Crippen LogP contribution in [0.25, 0.3) is 0 Å². The van der Waals surface area contributed by atoms with Crippen LogP contribution in [-0.4, -0.2) is 53.6 Å². The van der Waals surface area contributed by atoms with Crippen LogP contribution in [0.4, 0.5) is 24.7 Å². The lowest BCUT2D eigenvalue weighted by Crippen LogP contribution is -2.33. The first-order valence-electron chi connectivity index (χ1n) is 11.4. The number of β-amino-alcohol motifs (C(OH)–C–C–N with tert-alkyl or cyclic N) is 1. The Labute approximate surface area is 202 Å². The lowest BCUT2D eigenvalue weighted by atomic mass is 10.1. The van der Waals surface area contributed by atoms with E-state index in [4.69, 9.17) is 0 Å². The minimum atomic E-state index is -4.51. The van der Waals surface area contributed by atoms with Crippen LogP contribution in [0.15, 0.2) is 72.9 Å². The number of alkyl halides is 3. The molecule has 0 saturated carbocycles. The van der Waals surface area contributed by atoms with E-state index in [1.807, 2.05) is 30.3 Å². The zero-order valence-electron chi connectivity index (χ0n) is 19.1. The molecule has 1 amide bonds. The average molecular weight is 485 g/mol. The summed E-state index contributed by atoms with van der Waals surface area (Å²) >= 11 is 0. The first-order chi connectivity index (χ1) is 16.8. The number of rotatable bonds is 6. The molecule has 2 N–H and O–H groups in total. The number of halogens is 3.